The standard InChI is InChI=1S/C19H21NO/c1-4-19(18-12-10-15(2)11-13-18)20(16(3)21)14-17-8-6-5-7-9-17/h4-13,19H,1,14H2,2-3H3. The van der Waals surface area contributed by atoms with Crippen LogP contribution >= 0.6 is 0 Å². The van der Waals surface area contributed by atoms with E-state index < -0.39 is 0 Å². The van der Waals surface area contributed by atoms with Gasteiger partial charge >= 0.3 is 0 Å². The zero-order valence-electron chi connectivity index (χ0n) is 12.6. The highest BCUT2D eigenvalue weighted by atomic mass is 16.2. The van der Waals surface area contributed by atoms with E-state index in [2.05, 4.69) is 37.8 Å². The normalized spacial score (nSPS) is 11.7. The fraction of sp³-hybridized carbons (Fsp3) is 0.211. The van der Waals surface area contributed by atoms with E-state index >= 15 is 0 Å². The lowest BCUT2D eigenvalue weighted by molar-refractivity contribution is -0.131. The summed E-state index contributed by atoms with van der Waals surface area (Å²) in [5.41, 5.74) is 3.41. The molecule has 0 spiro atoms. The molecule has 0 radical (unpaired) electrons. The molecule has 108 valence electrons. The molecule has 21 heavy (non-hydrogen) atoms. The van der Waals surface area contributed by atoms with Crippen LogP contribution in [0.1, 0.15) is 29.7 Å². The predicted molar refractivity (Wildman–Crippen MR) is 86.8 cm³/mol. The molecule has 0 heterocycles. The average Bonchev–Trinajstić information content (AvgIpc) is 2.49. The monoisotopic (exact) mass is 279 g/mol. The van der Waals surface area contributed by atoms with E-state index in [1.807, 2.05) is 41.3 Å². The minimum Gasteiger partial charge on any atom is -0.328 e. The lowest BCUT2D eigenvalue weighted by Crippen LogP contribution is -2.31. The van der Waals surface area contributed by atoms with E-state index in [-0.39, 0.29) is 11.9 Å². The van der Waals surface area contributed by atoms with Crippen molar-refractivity contribution in [2.45, 2.75) is 26.4 Å². The maximum Gasteiger partial charge on any atom is 0.220 e. The molecule has 0 aliphatic rings. The number of carbonyl (C=O) groups is 1. The molecule has 0 saturated carbocycles. The van der Waals surface area contributed by atoms with Gasteiger partial charge in [0.25, 0.3) is 0 Å². The largest absolute Gasteiger partial charge is 0.328 e. The summed E-state index contributed by atoms with van der Waals surface area (Å²) in [7, 11) is 0. The Morgan fingerprint density at radius 3 is 2.29 bits per heavy atom. The lowest BCUT2D eigenvalue weighted by atomic mass is 10.0. The first-order chi connectivity index (χ1) is 10.1. The Balaban J connectivity index is 2.28. The maximum absolute atomic E-state index is 12.1. The molecule has 2 aromatic rings. The van der Waals surface area contributed by atoms with Crippen molar-refractivity contribution in [3.05, 3.63) is 83.9 Å². The van der Waals surface area contributed by atoms with Crippen molar-refractivity contribution in [2.24, 2.45) is 0 Å². The van der Waals surface area contributed by atoms with Crippen molar-refractivity contribution in [2.75, 3.05) is 0 Å². The average molecular weight is 279 g/mol. The van der Waals surface area contributed by atoms with Gasteiger partial charge in [-0.1, -0.05) is 66.2 Å². The molecule has 2 rings (SSSR count). The second kappa shape index (κ2) is 6.89. The van der Waals surface area contributed by atoms with Gasteiger partial charge in [-0.25, -0.2) is 0 Å². The molecule has 2 heteroatoms. The first-order valence-corrected chi connectivity index (χ1v) is 7.12. The topological polar surface area (TPSA) is 20.3 Å². The van der Waals surface area contributed by atoms with Gasteiger partial charge in [-0.15, -0.1) is 6.58 Å². The summed E-state index contributed by atoms with van der Waals surface area (Å²) in [5.74, 6) is 0.0457. The number of nitrogens with zero attached hydrogens (tertiary/aromatic N) is 1. The summed E-state index contributed by atoms with van der Waals surface area (Å²) in [6, 6.07) is 18.2. The maximum atomic E-state index is 12.1. The highest BCUT2D eigenvalue weighted by Gasteiger charge is 2.20. The number of benzene rings is 2. The van der Waals surface area contributed by atoms with E-state index in [0.29, 0.717) is 6.54 Å². The van der Waals surface area contributed by atoms with E-state index in [4.69, 9.17) is 0 Å². The summed E-state index contributed by atoms with van der Waals surface area (Å²) in [5, 5.41) is 0. The molecule has 0 aliphatic heterocycles. The molecule has 1 amide bonds. The number of aryl methyl sites for hydroxylation is 1. The van der Waals surface area contributed by atoms with Crippen molar-refractivity contribution in [3.63, 3.8) is 0 Å². The van der Waals surface area contributed by atoms with Gasteiger partial charge in [0.15, 0.2) is 0 Å². The van der Waals surface area contributed by atoms with Crippen LogP contribution in [0.3, 0.4) is 0 Å². The molecule has 0 bridgehead atoms. The SMILES string of the molecule is C=CC(c1ccc(C)cc1)N(Cc1ccccc1)C(C)=O. The van der Waals surface area contributed by atoms with Crippen molar-refractivity contribution >= 4 is 5.91 Å². The second-order valence-electron chi connectivity index (χ2n) is 5.22. The summed E-state index contributed by atoms with van der Waals surface area (Å²) >= 11 is 0. The van der Waals surface area contributed by atoms with Gasteiger partial charge in [-0.05, 0) is 18.1 Å². The summed E-state index contributed by atoms with van der Waals surface area (Å²) in [6.07, 6.45) is 1.83. The fourth-order valence-corrected chi connectivity index (χ4v) is 2.39. The van der Waals surface area contributed by atoms with Gasteiger partial charge in [0.2, 0.25) is 5.91 Å². The van der Waals surface area contributed by atoms with Crippen LogP contribution in [-0.4, -0.2) is 10.8 Å². The number of hydrogen-bond donors (Lipinski definition) is 0. The van der Waals surface area contributed by atoms with Gasteiger partial charge in [0.05, 0.1) is 6.04 Å². The molecule has 2 nitrogen and oxygen atoms in total. The molecule has 0 aliphatic carbocycles. The fourth-order valence-electron chi connectivity index (χ4n) is 2.39. The zero-order chi connectivity index (χ0) is 15.2. The van der Waals surface area contributed by atoms with Crippen LogP contribution in [0.2, 0.25) is 0 Å². The number of carbonyl (C=O) groups excluding carboxylic acids is 1. The smallest absolute Gasteiger partial charge is 0.220 e. The van der Waals surface area contributed by atoms with Crippen molar-refractivity contribution in [3.8, 4) is 0 Å². The predicted octanol–water partition coefficient (Wildman–Crippen LogP) is 4.27. The molecule has 0 fully saturated rings. The Hall–Kier alpha value is -2.35. The Kier molecular flexibility index (Phi) is 4.94. The quantitative estimate of drug-likeness (QED) is 0.748. The third-order valence-corrected chi connectivity index (χ3v) is 3.58. The van der Waals surface area contributed by atoms with E-state index in [1.165, 1.54) is 5.56 Å². The molecule has 1 unspecified atom stereocenters. The van der Waals surface area contributed by atoms with Crippen LogP contribution in [0, 0.1) is 6.92 Å². The van der Waals surface area contributed by atoms with Crippen LogP contribution in [-0.2, 0) is 11.3 Å². The van der Waals surface area contributed by atoms with Crippen LogP contribution < -0.4 is 0 Å². The third-order valence-electron chi connectivity index (χ3n) is 3.58. The van der Waals surface area contributed by atoms with Crippen LogP contribution in [0.25, 0.3) is 0 Å². The molecule has 0 aromatic heterocycles. The first kappa shape index (κ1) is 15.0. The summed E-state index contributed by atoms with van der Waals surface area (Å²) in [6.45, 7) is 8.15. The van der Waals surface area contributed by atoms with Gasteiger partial charge in [0.1, 0.15) is 0 Å². The van der Waals surface area contributed by atoms with E-state index in [1.54, 1.807) is 6.92 Å². The number of rotatable bonds is 5. The Bertz CT molecular complexity index is 601. The van der Waals surface area contributed by atoms with Crippen molar-refractivity contribution in [1.82, 2.24) is 4.90 Å². The molecule has 0 saturated heterocycles. The van der Waals surface area contributed by atoms with Crippen LogP contribution in [0.5, 0.6) is 0 Å². The molecule has 2 aromatic carbocycles. The number of amides is 1. The Labute approximate surface area is 126 Å². The summed E-state index contributed by atoms with van der Waals surface area (Å²) < 4.78 is 0. The first-order valence-electron chi connectivity index (χ1n) is 7.12. The van der Waals surface area contributed by atoms with Crippen LogP contribution in [0.15, 0.2) is 67.3 Å². The lowest BCUT2D eigenvalue weighted by Gasteiger charge is -2.29. The van der Waals surface area contributed by atoms with Gasteiger partial charge in [-0.3, -0.25) is 4.79 Å². The highest BCUT2D eigenvalue weighted by molar-refractivity contribution is 5.74. The van der Waals surface area contributed by atoms with Gasteiger partial charge in [-0.2, -0.15) is 0 Å². The molecule has 0 N–H and O–H groups in total. The van der Waals surface area contributed by atoms with Crippen molar-refractivity contribution in [1.29, 1.82) is 0 Å². The highest BCUT2D eigenvalue weighted by Crippen LogP contribution is 2.24. The molecule has 1 atom stereocenters. The van der Waals surface area contributed by atoms with Crippen LogP contribution in [0.4, 0.5) is 0 Å². The van der Waals surface area contributed by atoms with E-state index in [0.717, 1.165) is 11.1 Å². The Morgan fingerprint density at radius 1 is 1.14 bits per heavy atom. The summed E-state index contributed by atoms with van der Waals surface area (Å²) in [4.78, 5) is 13.9. The van der Waals surface area contributed by atoms with E-state index in [9.17, 15) is 4.79 Å². The second-order valence-corrected chi connectivity index (χ2v) is 5.22. The molecular formula is C19H21NO. The Morgan fingerprint density at radius 2 is 1.76 bits per heavy atom. The van der Waals surface area contributed by atoms with Gasteiger partial charge < -0.3 is 4.90 Å². The van der Waals surface area contributed by atoms with Gasteiger partial charge in [0, 0.05) is 13.5 Å². The minimum absolute atomic E-state index is 0.0457. The number of hydrogen-bond acceptors (Lipinski definition) is 1. The minimum atomic E-state index is -0.108. The van der Waals surface area contributed by atoms with Crippen molar-refractivity contribution < 1.29 is 4.79 Å². The zero-order valence-corrected chi connectivity index (χ0v) is 12.6. The molecular weight excluding hydrogens is 258 g/mol. The third kappa shape index (κ3) is 3.82.